The molecule has 224 valence electrons. The number of nitrogens with zero attached hydrogens (tertiary/aromatic N) is 6. The van der Waals surface area contributed by atoms with Gasteiger partial charge < -0.3 is 19.9 Å². The predicted molar refractivity (Wildman–Crippen MR) is 159 cm³/mol. The maximum atomic E-state index is 14.6. The molecule has 3 fully saturated rings. The summed E-state index contributed by atoms with van der Waals surface area (Å²) in [5.74, 6) is -0.0590. The zero-order chi connectivity index (χ0) is 29.2. The van der Waals surface area contributed by atoms with E-state index in [1.165, 1.54) is 17.5 Å². The van der Waals surface area contributed by atoms with Crippen LogP contribution in [0.15, 0.2) is 48.8 Å². The van der Waals surface area contributed by atoms with Gasteiger partial charge in [-0.2, -0.15) is 0 Å². The van der Waals surface area contributed by atoms with Crippen LogP contribution < -0.4 is 20.0 Å². The Morgan fingerprint density at radius 3 is 2.62 bits per heavy atom. The number of ether oxygens (including phenoxy) is 1. The number of aromatic nitrogens is 2. The molecule has 2 atom stereocenters. The average Bonchev–Trinajstić information content (AvgIpc) is 3.50. The Morgan fingerprint density at radius 2 is 1.83 bits per heavy atom. The third-order valence-corrected chi connectivity index (χ3v) is 8.91. The summed E-state index contributed by atoms with van der Waals surface area (Å²) in [6.45, 7) is 8.14. The first-order valence-corrected chi connectivity index (χ1v) is 14.7. The highest BCUT2D eigenvalue weighted by Crippen LogP contribution is 2.37. The van der Waals surface area contributed by atoms with Crippen molar-refractivity contribution in [3.05, 3.63) is 66.0 Å². The summed E-state index contributed by atoms with van der Waals surface area (Å²) in [5.41, 5.74) is 2.14. The number of likely N-dealkylation sites (N-methyl/N-ethyl adjacent to an activating group) is 1. The van der Waals surface area contributed by atoms with E-state index in [0.29, 0.717) is 42.5 Å². The molecule has 3 aliphatic rings. The maximum absolute atomic E-state index is 14.6. The first kappa shape index (κ1) is 28.6. The Labute approximate surface area is 246 Å². The highest BCUT2D eigenvalue weighted by Gasteiger charge is 2.32. The van der Waals surface area contributed by atoms with Crippen LogP contribution in [0.3, 0.4) is 0 Å². The highest BCUT2D eigenvalue weighted by molar-refractivity contribution is 5.70. The third kappa shape index (κ3) is 5.86. The van der Waals surface area contributed by atoms with Gasteiger partial charge in [-0.15, -0.1) is 0 Å². The second kappa shape index (κ2) is 12.4. The number of anilines is 4. The molecule has 0 bridgehead atoms. The van der Waals surface area contributed by atoms with E-state index in [9.17, 15) is 8.78 Å². The van der Waals surface area contributed by atoms with Crippen LogP contribution in [0.1, 0.15) is 37.8 Å². The fraction of sp³-hybridized carbons (Fsp3) is 0.484. The van der Waals surface area contributed by atoms with Crippen LogP contribution in [0.5, 0.6) is 5.75 Å². The standard InChI is InChI=1S/C31H39F2N7O2/c1-21-19-39(15-14-37(21)2)22-9-12-38(13-10-22)23-7-8-26(28(17-23)41-3)36-29-18-30(35-20-34-29)40-27(11-16-42-40)24-5-4-6-25(32)31(24)33/h4-8,17-18,20-22,27H,9-16,19H2,1-3H3,(H,34,35,36)/t21-,27-/m1/s1. The zero-order valence-electron chi connectivity index (χ0n) is 24.5. The van der Waals surface area contributed by atoms with Crippen molar-refractivity contribution in [2.45, 2.75) is 44.3 Å². The van der Waals surface area contributed by atoms with Gasteiger partial charge in [-0.05, 0) is 45.0 Å². The number of halogens is 2. The molecule has 0 unspecified atom stereocenters. The second-order valence-corrected chi connectivity index (χ2v) is 11.4. The molecule has 6 rings (SSSR count). The molecule has 3 aliphatic heterocycles. The summed E-state index contributed by atoms with van der Waals surface area (Å²) >= 11 is 0. The van der Waals surface area contributed by atoms with Crippen LogP contribution in [0.25, 0.3) is 0 Å². The number of hydrogen-bond donors (Lipinski definition) is 1. The van der Waals surface area contributed by atoms with E-state index in [2.05, 4.69) is 56.1 Å². The topological polar surface area (TPSA) is 69.2 Å². The summed E-state index contributed by atoms with van der Waals surface area (Å²) < 4.78 is 34.2. The molecule has 0 saturated carbocycles. The minimum atomic E-state index is -0.881. The maximum Gasteiger partial charge on any atom is 0.164 e. The van der Waals surface area contributed by atoms with Gasteiger partial charge in [-0.3, -0.25) is 9.74 Å². The van der Waals surface area contributed by atoms with Crippen molar-refractivity contribution in [2.24, 2.45) is 0 Å². The number of rotatable bonds is 7. The molecule has 0 amide bonds. The summed E-state index contributed by atoms with van der Waals surface area (Å²) in [5, 5.41) is 4.85. The molecule has 42 heavy (non-hydrogen) atoms. The van der Waals surface area contributed by atoms with E-state index in [4.69, 9.17) is 9.57 Å². The lowest BCUT2D eigenvalue weighted by molar-refractivity contribution is 0.0627. The largest absolute Gasteiger partial charge is 0.494 e. The van der Waals surface area contributed by atoms with Crippen molar-refractivity contribution in [3.63, 3.8) is 0 Å². The van der Waals surface area contributed by atoms with Crippen molar-refractivity contribution in [1.29, 1.82) is 0 Å². The minimum Gasteiger partial charge on any atom is -0.494 e. The summed E-state index contributed by atoms with van der Waals surface area (Å²) in [6.07, 6.45) is 4.24. The van der Waals surface area contributed by atoms with Crippen LogP contribution in [0, 0.1) is 11.6 Å². The molecule has 0 radical (unpaired) electrons. The van der Waals surface area contributed by atoms with Crippen molar-refractivity contribution in [2.75, 3.05) is 68.8 Å². The third-order valence-electron chi connectivity index (χ3n) is 8.91. The lowest BCUT2D eigenvalue weighted by atomic mass is 10.0. The van der Waals surface area contributed by atoms with Crippen LogP contribution in [-0.4, -0.2) is 85.3 Å². The molecule has 2 aromatic carbocycles. The molecule has 1 N–H and O–H groups in total. The van der Waals surface area contributed by atoms with Crippen LogP contribution in [-0.2, 0) is 4.84 Å². The van der Waals surface area contributed by atoms with Crippen LogP contribution >= 0.6 is 0 Å². The van der Waals surface area contributed by atoms with Crippen molar-refractivity contribution in [1.82, 2.24) is 19.8 Å². The Morgan fingerprint density at radius 1 is 1.00 bits per heavy atom. The van der Waals surface area contributed by atoms with E-state index in [0.717, 1.165) is 63.0 Å². The van der Waals surface area contributed by atoms with Crippen molar-refractivity contribution in [3.8, 4) is 5.75 Å². The number of hydrogen-bond acceptors (Lipinski definition) is 9. The summed E-state index contributed by atoms with van der Waals surface area (Å²) in [4.78, 5) is 22.1. The van der Waals surface area contributed by atoms with Gasteiger partial charge in [0.2, 0.25) is 0 Å². The monoisotopic (exact) mass is 579 g/mol. The molecule has 0 aliphatic carbocycles. The van der Waals surface area contributed by atoms with Gasteiger partial charge in [0.15, 0.2) is 17.5 Å². The predicted octanol–water partition coefficient (Wildman–Crippen LogP) is 4.99. The van der Waals surface area contributed by atoms with E-state index in [1.54, 1.807) is 19.2 Å². The molecule has 0 spiro atoms. The fourth-order valence-corrected chi connectivity index (χ4v) is 6.31. The Kier molecular flexibility index (Phi) is 8.41. The molecule has 3 aromatic rings. The van der Waals surface area contributed by atoms with Crippen molar-refractivity contribution < 1.29 is 18.4 Å². The van der Waals surface area contributed by atoms with Gasteiger partial charge in [-0.25, -0.2) is 23.8 Å². The number of piperidine rings is 1. The van der Waals surface area contributed by atoms with Crippen LogP contribution in [0.4, 0.5) is 31.8 Å². The van der Waals surface area contributed by atoms with Gasteiger partial charge in [-0.1, -0.05) is 12.1 Å². The highest BCUT2D eigenvalue weighted by atomic mass is 19.2. The number of methoxy groups -OCH3 is 1. The first-order chi connectivity index (χ1) is 20.4. The molecular formula is C31H39F2N7O2. The van der Waals surface area contributed by atoms with Gasteiger partial charge in [0, 0.05) is 74.6 Å². The quantitative estimate of drug-likeness (QED) is 0.417. The van der Waals surface area contributed by atoms with E-state index in [1.807, 2.05) is 6.07 Å². The SMILES string of the molecule is COc1cc(N2CCC(N3CCN(C)[C@H](C)C3)CC2)ccc1Nc1cc(N2OCC[C@@H]2c2cccc(F)c2F)ncn1. The second-order valence-electron chi connectivity index (χ2n) is 11.4. The lowest BCUT2D eigenvalue weighted by Crippen LogP contribution is -2.55. The Balaban J connectivity index is 1.12. The Hall–Kier alpha value is -3.54. The van der Waals surface area contributed by atoms with Gasteiger partial charge in [0.25, 0.3) is 0 Å². The number of nitrogens with one attached hydrogen (secondary N) is 1. The Bertz CT molecular complexity index is 1390. The number of piperazine rings is 1. The van der Waals surface area contributed by atoms with Crippen LogP contribution in [0.2, 0.25) is 0 Å². The van der Waals surface area contributed by atoms with Gasteiger partial charge in [0.05, 0.1) is 25.4 Å². The fourth-order valence-electron chi connectivity index (χ4n) is 6.31. The first-order valence-electron chi connectivity index (χ1n) is 14.7. The van der Waals surface area contributed by atoms with Gasteiger partial charge >= 0.3 is 0 Å². The van der Waals surface area contributed by atoms with Gasteiger partial charge in [0.1, 0.15) is 17.9 Å². The molecule has 1 aromatic heterocycles. The summed E-state index contributed by atoms with van der Waals surface area (Å²) in [7, 11) is 3.88. The van der Waals surface area contributed by atoms with E-state index in [-0.39, 0.29) is 5.56 Å². The van der Waals surface area contributed by atoms with E-state index >= 15 is 0 Å². The molecule has 4 heterocycles. The summed E-state index contributed by atoms with van der Waals surface area (Å²) in [6, 6.07) is 12.8. The van der Waals surface area contributed by atoms with E-state index < -0.39 is 17.7 Å². The average molecular weight is 580 g/mol. The lowest BCUT2D eigenvalue weighted by Gasteiger charge is -2.45. The number of hydroxylamine groups is 1. The smallest absolute Gasteiger partial charge is 0.164 e. The molecule has 3 saturated heterocycles. The zero-order valence-corrected chi connectivity index (χ0v) is 24.5. The minimum absolute atomic E-state index is 0.236. The normalized spacial score (nSPS) is 22.5. The number of benzene rings is 2. The molecule has 11 heteroatoms. The van der Waals surface area contributed by atoms with Crippen molar-refractivity contribution >= 4 is 23.0 Å². The molecular weight excluding hydrogens is 540 g/mol. The molecule has 9 nitrogen and oxygen atoms in total.